The Morgan fingerprint density at radius 1 is 0.516 bits per heavy atom. The molecule has 2 atom stereocenters. The summed E-state index contributed by atoms with van der Waals surface area (Å²) >= 11 is 0. The molecule has 0 N–H and O–H groups in total. The monoisotopic (exact) mass is 404 g/mol. The quantitative estimate of drug-likeness (QED) is 0.306. The molecule has 0 aliphatic carbocycles. The van der Waals surface area contributed by atoms with Crippen LogP contribution in [0.3, 0.4) is 0 Å². The van der Waals surface area contributed by atoms with Crippen molar-refractivity contribution in [2.24, 2.45) is 0 Å². The molecule has 152 valence electrons. The molecule has 0 saturated heterocycles. The predicted octanol–water partition coefficient (Wildman–Crippen LogP) is 6.71. The third-order valence-corrected chi connectivity index (χ3v) is 5.63. The van der Waals surface area contributed by atoms with Crippen LogP contribution in [-0.4, -0.2) is 11.6 Å². The Balaban J connectivity index is 1.80. The molecule has 31 heavy (non-hydrogen) atoms. The van der Waals surface area contributed by atoms with E-state index in [2.05, 4.69) is 0 Å². The number of hydrogen-bond acceptors (Lipinski definition) is 2. The van der Waals surface area contributed by atoms with Crippen LogP contribution in [-0.2, 0) is 0 Å². The normalized spacial score (nSPS) is 12.6. The van der Waals surface area contributed by atoms with Crippen molar-refractivity contribution in [2.45, 2.75) is 18.3 Å². The van der Waals surface area contributed by atoms with Gasteiger partial charge in [0.15, 0.2) is 11.6 Å². The Bertz CT molecular complexity index is 1120. The summed E-state index contributed by atoms with van der Waals surface area (Å²) in [5.74, 6) is -0.666. The van der Waals surface area contributed by atoms with Gasteiger partial charge in [-0.3, -0.25) is 9.59 Å². The Morgan fingerprint density at radius 3 is 1.45 bits per heavy atom. The van der Waals surface area contributed by atoms with E-state index < -0.39 is 5.92 Å². The molecule has 4 aromatic carbocycles. The zero-order valence-corrected chi connectivity index (χ0v) is 17.2. The van der Waals surface area contributed by atoms with Crippen molar-refractivity contribution in [3.8, 4) is 0 Å². The minimum atomic E-state index is -0.460. The summed E-state index contributed by atoms with van der Waals surface area (Å²) in [6, 6.07) is 38.4. The van der Waals surface area contributed by atoms with Crippen LogP contribution < -0.4 is 0 Å². The van der Waals surface area contributed by atoms with Crippen LogP contribution in [0.5, 0.6) is 0 Å². The lowest BCUT2D eigenvalue weighted by Crippen LogP contribution is -2.23. The van der Waals surface area contributed by atoms with Gasteiger partial charge in [0.1, 0.15) is 0 Å². The molecule has 2 nitrogen and oxygen atoms in total. The topological polar surface area (TPSA) is 34.1 Å². The number of ketones is 2. The van der Waals surface area contributed by atoms with Crippen molar-refractivity contribution in [3.63, 3.8) is 0 Å². The first-order valence-corrected chi connectivity index (χ1v) is 10.5. The molecule has 4 rings (SSSR count). The van der Waals surface area contributed by atoms with E-state index in [-0.39, 0.29) is 23.9 Å². The summed E-state index contributed by atoms with van der Waals surface area (Å²) in [5, 5.41) is 0. The molecule has 0 radical (unpaired) electrons. The van der Waals surface area contributed by atoms with Gasteiger partial charge in [-0.1, -0.05) is 121 Å². The Labute approximate surface area is 183 Å². The van der Waals surface area contributed by atoms with Crippen LogP contribution in [0.25, 0.3) is 0 Å². The van der Waals surface area contributed by atoms with Gasteiger partial charge in [-0.25, -0.2) is 0 Å². The van der Waals surface area contributed by atoms with E-state index in [1.165, 1.54) is 0 Å². The van der Waals surface area contributed by atoms with Gasteiger partial charge in [0.25, 0.3) is 0 Å². The number of carbonyl (C=O) groups is 2. The van der Waals surface area contributed by atoms with Gasteiger partial charge in [0.05, 0.1) is 5.92 Å². The summed E-state index contributed by atoms with van der Waals surface area (Å²) in [4.78, 5) is 27.0. The Kier molecular flexibility index (Phi) is 6.49. The maximum absolute atomic E-state index is 13.8. The van der Waals surface area contributed by atoms with Gasteiger partial charge >= 0.3 is 0 Å². The molecular formula is C29H24O2. The summed E-state index contributed by atoms with van der Waals surface area (Å²) in [5.41, 5.74) is 3.24. The minimum Gasteiger partial charge on any atom is -0.294 e. The Hall–Kier alpha value is -3.78. The Morgan fingerprint density at radius 2 is 0.935 bits per heavy atom. The second kappa shape index (κ2) is 9.82. The zero-order chi connectivity index (χ0) is 21.5. The second-order valence-corrected chi connectivity index (χ2v) is 7.63. The average Bonchev–Trinajstić information content (AvgIpc) is 2.85. The molecule has 0 heterocycles. The van der Waals surface area contributed by atoms with E-state index in [9.17, 15) is 9.59 Å². The van der Waals surface area contributed by atoms with Crippen LogP contribution in [0.2, 0.25) is 0 Å². The smallest absolute Gasteiger partial charge is 0.170 e. The van der Waals surface area contributed by atoms with Crippen LogP contribution in [0.1, 0.15) is 50.1 Å². The fraction of sp³-hybridized carbons (Fsp3) is 0.103. The summed E-state index contributed by atoms with van der Waals surface area (Å²) in [6.45, 7) is 0. The van der Waals surface area contributed by atoms with E-state index >= 15 is 0 Å². The molecule has 0 bridgehead atoms. The first kappa shape index (κ1) is 20.5. The lowest BCUT2D eigenvalue weighted by molar-refractivity contribution is 0.0921. The molecule has 0 spiro atoms. The highest BCUT2D eigenvalue weighted by Gasteiger charge is 2.33. The van der Waals surface area contributed by atoms with Gasteiger partial charge < -0.3 is 0 Å². The van der Waals surface area contributed by atoms with Gasteiger partial charge in [-0.2, -0.15) is 0 Å². The van der Waals surface area contributed by atoms with Crippen LogP contribution in [0, 0.1) is 0 Å². The standard InChI is InChI=1S/C29H24O2/c30-27(23-15-7-2-8-16-23)21-26(22-13-5-1-6-14-22)28(24-17-9-3-10-18-24)29(31)25-19-11-4-12-20-25/h1-20,26,28H,21H2. The van der Waals surface area contributed by atoms with Crippen LogP contribution >= 0.6 is 0 Å². The number of carbonyl (C=O) groups excluding carboxylic acids is 2. The lowest BCUT2D eigenvalue weighted by Gasteiger charge is -2.27. The zero-order valence-electron chi connectivity index (χ0n) is 17.2. The van der Waals surface area contributed by atoms with Gasteiger partial charge in [0, 0.05) is 23.5 Å². The highest BCUT2D eigenvalue weighted by Crippen LogP contribution is 2.39. The van der Waals surface area contributed by atoms with E-state index in [1.807, 2.05) is 121 Å². The van der Waals surface area contributed by atoms with Gasteiger partial charge in [-0.05, 0) is 11.1 Å². The molecular weight excluding hydrogens is 380 g/mol. The third-order valence-electron chi connectivity index (χ3n) is 5.63. The molecule has 0 fully saturated rings. The van der Waals surface area contributed by atoms with Crippen molar-refractivity contribution in [2.75, 3.05) is 0 Å². The largest absolute Gasteiger partial charge is 0.294 e. The molecule has 0 aliphatic heterocycles. The molecule has 0 aliphatic rings. The minimum absolute atomic E-state index is 0.0292. The van der Waals surface area contributed by atoms with E-state index in [0.717, 1.165) is 11.1 Å². The summed E-state index contributed by atoms with van der Waals surface area (Å²) in [6.07, 6.45) is 0.256. The second-order valence-electron chi connectivity index (χ2n) is 7.63. The average molecular weight is 405 g/mol. The molecule has 4 aromatic rings. The lowest BCUT2D eigenvalue weighted by atomic mass is 9.74. The fourth-order valence-corrected chi connectivity index (χ4v) is 4.08. The SMILES string of the molecule is O=C(CC(c1ccccc1)C(C(=O)c1ccccc1)c1ccccc1)c1ccccc1. The number of Topliss-reactive ketones (excluding diaryl/α,β-unsaturated/α-hetero) is 2. The molecule has 2 heteroatoms. The van der Waals surface area contributed by atoms with E-state index in [4.69, 9.17) is 0 Å². The maximum Gasteiger partial charge on any atom is 0.170 e. The molecule has 0 amide bonds. The first-order chi connectivity index (χ1) is 15.2. The van der Waals surface area contributed by atoms with E-state index in [0.29, 0.717) is 11.1 Å². The number of benzene rings is 4. The van der Waals surface area contributed by atoms with Crippen molar-refractivity contribution in [3.05, 3.63) is 144 Å². The summed E-state index contributed by atoms with van der Waals surface area (Å²) < 4.78 is 0. The third kappa shape index (κ3) is 4.87. The fourth-order valence-electron chi connectivity index (χ4n) is 4.08. The summed E-state index contributed by atoms with van der Waals surface area (Å²) in [7, 11) is 0. The van der Waals surface area contributed by atoms with Crippen molar-refractivity contribution in [1.29, 1.82) is 0 Å². The highest BCUT2D eigenvalue weighted by atomic mass is 16.1. The van der Waals surface area contributed by atoms with E-state index in [1.54, 1.807) is 0 Å². The number of hydrogen-bond donors (Lipinski definition) is 0. The maximum atomic E-state index is 13.8. The molecule has 0 aromatic heterocycles. The van der Waals surface area contributed by atoms with Crippen LogP contribution in [0.15, 0.2) is 121 Å². The van der Waals surface area contributed by atoms with Gasteiger partial charge in [-0.15, -0.1) is 0 Å². The number of rotatable bonds is 8. The predicted molar refractivity (Wildman–Crippen MR) is 125 cm³/mol. The molecule has 2 unspecified atom stereocenters. The van der Waals surface area contributed by atoms with Gasteiger partial charge in [0.2, 0.25) is 0 Å². The van der Waals surface area contributed by atoms with Crippen molar-refractivity contribution in [1.82, 2.24) is 0 Å². The highest BCUT2D eigenvalue weighted by molar-refractivity contribution is 6.03. The van der Waals surface area contributed by atoms with Crippen LogP contribution in [0.4, 0.5) is 0 Å². The molecule has 0 saturated carbocycles. The van der Waals surface area contributed by atoms with Crippen molar-refractivity contribution >= 4 is 11.6 Å². The van der Waals surface area contributed by atoms with Crippen molar-refractivity contribution < 1.29 is 9.59 Å². The first-order valence-electron chi connectivity index (χ1n) is 10.5.